The molecule has 2 heteroatoms. The maximum atomic E-state index is 12.3. The molecule has 1 N–H and O–H groups in total. The summed E-state index contributed by atoms with van der Waals surface area (Å²) < 4.78 is 0. The zero-order chi connectivity index (χ0) is 14.2. The molecule has 0 bridgehead atoms. The summed E-state index contributed by atoms with van der Waals surface area (Å²) in [5, 5.41) is 3.30. The van der Waals surface area contributed by atoms with E-state index >= 15 is 0 Å². The van der Waals surface area contributed by atoms with E-state index in [0.29, 0.717) is 12.0 Å². The van der Waals surface area contributed by atoms with E-state index in [1.54, 1.807) is 0 Å². The summed E-state index contributed by atoms with van der Waals surface area (Å²) in [5.74, 6) is 0.778. The SMILES string of the molecule is CCCCC(NC(=O)c1ccccc1)C1CCCCC1. The van der Waals surface area contributed by atoms with Crippen molar-refractivity contribution >= 4 is 5.91 Å². The van der Waals surface area contributed by atoms with E-state index in [4.69, 9.17) is 0 Å². The molecule has 20 heavy (non-hydrogen) atoms. The highest BCUT2D eigenvalue weighted by atomic mass is 16.1. The maximum Gasteiger partial charge on any atom is 0.251 e. The zero-order valence-electron chi connectivity index (χ0n) is 12.6. The van der Waals surface area contributed by atoms with Crippen molar-refractivity contribution in [3.05, 3.63) is 35.9 Å². The van der Waals surface area contributed by atoms with Crippen LogP contribution in [0.5, 0.6) is 0 Å². The van der Waals surface area contributed by atoms with Gasteiger partial charge in [0.15, 0.2) is 0 Å². The number of rotatable bonds is 6. The summed E-state index contributed by atoms with van der Waals surface area (Å²) >= 11 is 0. The molecule has 0 spiro atoms. The lowest BCUT2D eigenvalue weighted by molar-refractivity contribution is 0.0908. The smallest absolute Gasteiger partial charge is 0.251 e. The van der Waals surface area contributed by atoms with Gasteiger partial charge in [-0.05, 0) is 37.3 Å². The number of nitrogens with one attached hydrogen (secondary N) is 1. The molecule has 2 nitrogen and oxygen atoms in total. The number of hydrogen-bond donors (Lipinski definition) is 1. The van der Waals surface area contributed by atoms with Crippen LogP contribution in [-0.4, -0.2) is 11.9 Å². The second-order valence-electron chi connectivity index (χ2n) is 5.99. The molecular formula is C18H27NO. The van der Waals surface area contributed by atoms with Crippen molar-refractivity contribution in [3.8, 4) is 0 Å². The van der Waals surface area contributed by atoms with Gasteiger partial charge in [0.1, 0.15) is 0 Å². The summed E-state index contributed by atoms with van der Waals surface area (Å²) in [6.07, 6.45) is 10.1. The molecule has 1 aromatic rings. The van der Waals surface area contributed by atoms with Crippen LogP contribution in [0.3, 0.4) is 0 Å². The molecule has 1 atom stereocenters. The standard InChI is InChI=1S/C18H27NO/c1-2-3-14-17(15-10-6-4-7-11-15)19-18(20)16-12-8-5-9-13-16/h5,8-9,12-13,15,17H,2-4,6-7,10-11,14H2,1H3,(H,19,20). The van der Waals surface area contributed by atoms with Crippen molar-refractivity contribution in [2.24, 2.45) is 5.92 Å². The largest absolute Gasteiger partial charge is 0.349 e. The molecule has 0 radical (unpaired) electrons. The molecule has 0 heterocycles. The highest BCUT2D eigenvalue weighted by Gasteiger charge is 2.24. The Morgan fingerprint density at radius 1 is 1.20 bits per heavy atom. The minimum absolute atomic E-state index is 0.0947. The molecule has 110 valence electrons. The Morgan fingerprint density at radius 2 is 1.90 bits per heavy atom. The molecule has 1 amide bonds. The van der Waals surface area contributed by atoms with Gasteiger partial charge >= 0.3 is 0 Å². The van der Waals surface area contributed by atoms with E-state index in [-0.39, 0.29) is 5.91 Å². The van der Waals surface area contributed by atoms with E-state index in [2.05, 4.69) is 12.2 Å². The molecule has 1 aromatic carbocycles. The average molecular weight is 273 g/mol. The summed E-state index contributed by atoms with van der Waals surface area (Å²) in [6, 6.07) is 9.96. The minimum Gasteiger partial charge on any atom is -0.349 e. The Labute approximate surface area is 123 Å². The van der Waals surface area contributed by atoms with Gasteiger partial charge in [-0.3, -0.25) is 4.79 Å². The number of amides is 1. The van der Waals surface area contributed by atoms with E-state index < -0.39 is 0 Å². The van der Waals surface area contributed by atoms with E-state index in [1.807, 2.05) is 30.3 Å². The third-order valence-corrected chi connectivity index (χ3v) is 4.44. The van der Waals surface area contributed by atoms with Gasteiger partial charge in [-0.2, -0.15) is 0 Å². The minimum atomic E-state index is 0.0947. The fourth-order valence-electron chi connectivity index (χ4n) is 3.23. The fourth-order valence-corrected chi connectivity index (χ4v) is 3.23. The fraction of sp³-hybridized carbons (Fsp3) is 0.611. The van der Waals surface area contributed by atoms with Crippen LogP contribution in [0.1, 0.15) is 68.6 Å². The summed E-state index contributed by atoms with van der Waals surface area (Å²) in [7, 11) is 0. The van der Waals surface area contributed by atoms with Crippen LogP contribution in [0.15, 0.2) is 30.3 Å². The molecule has 1 aliphatic carbocycles. The monoisotopic (exact) mass is 273 g/mol. The van der Waals surface area contributed by atoms with Gasteiger partial charge in [0.05, 0.1) is 0 Å². The summed E-state index contributed by atoms with van der Waals surface area (Å²) in [5.41, 5.74) is 0.782. The maximum absolute atomic E-state index is 12.3. The number of benzene rings is 1. The van der Waals surface area contributed by atoms with Crippen LogP contribution in [0.2, 0.25) is 0 Å². The van der Waals surface area contributed by atoms with E-state index in [9.17, 15) is 4.79 Å². The van der Waals surface area contributed by atoms with Crippen LogP contribution >= 0.6 is 0 Å². The Bertz CT molecular complexity index is 395. The Balaban J connectivity index is 1.97. The average Bonchev–Trinajstić information content (AvgIpc) is 2.53. The molecule has 1 unspecified atom stereocenters. The normalized spacial score (nSPS) is 17.6. The number of carbonyl (C=O) groups is 1. The van der Waals surface area contributed by atoms with Gasteiger partial charge < -0.3 is 5.32 Å². The van der Waals surface area contributed by atoms with Crippen molar-refractivity contribution < 1.29 is 4.79 Å². The number of hydrogen-bond acceptors (Lipinski definition) is 1. The Hall–Kier alpha value is -1.31. The lowest BCUT2D eigenvalue weighted by atomic mass is 9.82. The molecule has 0 saturated heterocycles. The molecular weight excluding hydrogens is 246 g/mol. The third kappa shape index (κ3) is 4.36. The second-order valence-corrected chi connectivity index (χ2v) is 5.99. The van der Waals surface area contributed by atoms with Gasteiger partial charge in [-0.15, -0.1) is 0 Å². The third-order valence-electron chi connectivity index (χ3n) is 4.44. The van der Waals surface area contributed by atoms with Crippen LogP contribution in [0.25, 0.3) is 0 Å². The first-order valence-corrected chi connectivity index (χ1v) is 8.17. The predicted octanol–water partition coefficient (Wildman–Crippen LogP) is 4.56. The Kier molecular flexibility index (Phi) is 6.10. The highest BCUT2D eigenvalue weighted by Crippen LogP contribution is 2.28. The molecule has 1 fully saturated rings. The van der Waals surface area contributed by atoms with Gasteiger partial charge in [-0.1, -0.05) is 57.2 Å². The summed E-state index contributed by atoms with van der Waals surface area (Å²) in [6.45, 7) is 2.22. The van der Waals surface area contributed by atoms with Crippen molar-refractivity contribution in [1.29, 1.82) is 0 Å². The van der Waals surface area contributed by atoms with Gasteiger partial charge in [-0.25, -0.2) is 0 Å². The topological polar surface area (TPSA) is 29.1 Å². The number of unbranched alkanes of at least 4 members (excludes halogenated alkanes) is 1. The van der Waals surface area contributed by atoms with Crippen molar-refractivity contribution in [3.63, 3.8) is 0 Å². The van der Waals surface area contributed by atoms with Crippen LogP contribution in [0.4, 0.5) is 0 Å². The van der Waals surface area contributed by atoms with E-state index in [1.165, 1.54) is 44.9 Å². The van der Waals surface area contributed by atoms with Crippen molar-refractivity contribution in [1.82, 2.24) is 5.32 Å². The first-order valence-electron chi connectivity index (χ1n) is 8.17. The Morgan fingerprint density at radius 3 is 2.55 bits per heavy atom. The molecule has 0 aromatic heterocycles. The van der Waals surface area contributed by atoms with Gasteiger partial charge in [0.2, 0.25) is 0 Å². The van der Waals surface area contributed by atoms with Crippen LogP contribution in [-0.2, 0) is 0 Å². The lowest BCUT2D eigenvalue weighted by Gasteiger charge is -2.31. The van der Waals surface area contributed by atoms with Crippen molar-refractivity contribution in [2.75, 3.05) is 0 Å². The first kappa shape index (κ1) is 15.1. The van der Waals surface area contributed by atoms with E-state index in [0.717, 1.165) is 12.0 Å². The highest BCUT2D eigenvalue weighted by molar-refractivity contribution is 5.94. The summed E-state index contributed by atoms with van der Waals surface area (Å²) in [4.78, 5) is 12.3. The van der Waals surface area contributed by atoms with Crippen LogP contribution < -0.4 is 5.32 Å². The van der Waals surface area contributed by atoms with Gasteiger partial charge in [0, 0.05) is 11.6 Å². The first-order chi connectivity index (χ1) is 9.81. The lowest BCUT2D eigenvalue weighted by Crippen LogP contribution is -2.41. The van der Waals surface area contributed by atoms with Gasteiger partial charge in [0.25, 0.3) is 5.91 Å². The molecule has 0 aliphatic heterocycles. The zero-order valence-corrected chi connectivity index (χ0v) is 12.6. The quantitative estimate of drug-likeness (QED) is 0.809. The predicted molar refractivity (Wildman–Crippen MR) is 83.8 cm³/mol. The molecule has 2 rings (SSSR count). The molecule has 1 aliphatic rings. The molecule has 1 saturated carbocycles. The van der Waals surface area contributed by atoms with Crippen LogP contribution in [0, 0.1) is 5.92 Å². The van der Waals surface area contributed by atoms with Crippen molar-refractivity contribution in [2.45, 2.75) is 64.3 Å². The number of carbonyl (C=O) groups excluding carboxylic acids is 1. The second kappa shape index (κ2) is 8.08.